The summed E-state index contributed by atoms with van der Waals surface area (Å²) in [6.07, 6.45) is 0.869. The lowest BCUT2D eigenvalue weighted by atomic mass is 10.2. The maximum absolute atomic E-state index is 8.79. The number of aromatic nitrogens is 2. The molecule has 0 spiro atoms. The van der Waals surface area contributed by atoms with Crippen molar-refractivity contribution in [3.63, 3.8) is 0 Å². The van der Waals surface area contributed by atoms with E-state index < -0.39 is 0 Å². The molecule has 0 aliphatic heterocycles. The summed E-state index contributed by atoms with van der Waals surface area (Å²) in [6, 6.07) is 0. The van der Waals surface area contributed by atoms with E-state index in [0.717, 1.165) is 23.9 Å². The number of rotatable bonds is 5. The second-order valence-electron chi connectivity index (χ2n) is 3.04. The Kier molecular flexibility index (Phi) is 4.11. The molecule has 0 radical (unpaired) electrons. The van der Waals surface area contributed by atoms with E-state index in [9.17, 15) is 0 Å². The first-order chi connectivity index (χ1) is 6.26. The van der Waals surface area contributed by atoms with Crippen LogP contribution in [0.25, 0.3) is 0 Å². The average Bonchev–Trinajstić information content (AvgIpc) is 2.61. The van der Waals surface area contributed by atoms with Crippen molar-refractivity contribution in [1.82, 2.24) is 9.36 Å². The van der Waals surface area contributed by atoms with Crippen LogP contribution in [0.5, 0.6) is 0 Å². The van der Waals surface area contributed by atoms with Gasteiger partial charge >= 0.3 is 0 Å². The predicted octanol–water partition coefficient (Wildman–Crippen LogP) is 1.14. The van der Waals surface area contributed by atoms with Gasteiger partial charge in [0.15, 0.2) is 0 Å². The molecule has 0 saturated carbocycles. The first kappa shape index (κ1) is 10.4. The molecular formula is C8H15N3OS. The van der Waals surface area contributed by atoms with Crippen LogP contribution in [0.3, 0.4) is 0 Å². The van der Waals surface area contributed by atoms with Crippen molar-refractivity contribution in [2.24, 2.45) is 5.92 Å². The highest BCUT2D eigenvalue weighted by Crippen LogP contribution is 2.11. The third-order valence-electron chi connectivity index (χ3n) is 1.70. The zero-order valence-electron chi connectivity index (χ0n) is 7.95. The molecule has 13 heavy (non-hydrogen) atoms. The van der Waals surface area contributed by atoms with E-state index in [1.54, 1.807) is 0 Å². The molecule has 0 amide bonds. The van der Waals surface area contributed by atoms with Crippen LogP contribution in [0.4, 0.5) is 5.13 Å². The van der Waals surface area contributed by atoms with Crippen molar-refractivity contribution in [1.29, 1.82) is 0 Å². The smallest absolute Gasteiger partial charge is 0.202 e. The van der Waals surface area contributed by atoms with E-state index in [4.69, 9.17) is 5.11 Å². The largest absolute Gasteiger partial charge is 0.396 e. The summed E-state index contributed by atoms with van der Waals surface area (Å²) >= 11 is 1.37. The Morgan fingerprint density at radius 2 is 2.38 bits per heavy atom. The highest BCUT2D eigenvalue weighted by molar-refractivity contribution is 7.09. The Balaban J connectivity index is 2.36. The number of aliphatic hydroxyl groups is 1. The number of anilines is 1. The summed E-state index contributed by atoms with van der Waals surface area (Å²) in [7, 11) is 0. The molecule has 1 unspecified atom stereocenters. The Hall–Kier alpha value is -0.680. The van der Waals surface area contributed by atoms with Crippen molar-refractivity contribution in [2.45, 2.75) is 20.3 Å². The number of nitrogens with one attached hydrogen (secondary N) is 1. The van der Waals surface area contributed by atoms with Crippen LogP contribution in [-0.4, -0.2) is 27.6 Å². The lowest BCUT2D eigenvalue weighted by Crippen LogP contribution is -2.14. The van der Waals surface area contributed by atoms with Crippen LogP contribution in [0.15, 0.2) is 0 Å². The van der Waals surface area contributed by atoms with Gasteiger partial charge in [-0.2, -0.15) is 4.37 Å². The SMILES string of the molecule is CCc1nsc(NCC(C)CO)n1. The van der Waals surface area contributed by atoms with E-state index in [-0.39, 0.29) is 12.5 Å². The van der Waals surface area contributed by atoms with Gasteiger partial charge in [0.05, 0.1) is 0 Å². The third kappa shape index (κ3) is 3.28. The van der Waals surface area contributed by atoms with Crippen molar-refractivity contribution in [3.8, 4) is 0 Å². The zero-order chi connectivity index (χ0) is 9.68. The van der Waals surface area contributed by atoms with Gasteiger partial charge in [0.2, 0.25) is 5.13 Å². The number of hydrogen-bond acceptors (Lipinski definition) is 5. The van der Waals surface area contributed by atoms with E-state index in [0.29, 0.717) is 0 Å². The fraction of sp³-hybridized carbons (Fsp3) is 0.750. The molecule has 0 fully saturated rings. The maximum atomic E-state index is 8.79. The molecule has 5 heteroatoms. The molecule has 1 heterocycles. The molecule has 0 aromatic carbocycles. The van der Waals surface area contributed by atoms with Gasteiger partial charge in [-0.1, -0.05) is 13.8 Å². The molecule has 74 valence electrons. The second-order valence-corrected chi connectivity index (χ2v) is 3.79. The Morgan fingerprint density at radius 3 is 2.92 bits per heavy atom. The van der Waals surface area contributed by atoms with Gasteiger partial charge in [-0.3, -0.25) is 0 Å². The van der Waals surface area contributed by atoms with Crippen LogP contribution in [-0.2, 0) is 6.42 Å². The monoisotopic (exact) mass is 201 g/mol. The number of aliphatic hydroxyl groups excluding tert-OH is 1. The predicted molar refractivity (Wildman–Crippen MR) is 54.0 cm³/mol. The standard InChI is InChI=1S/C8H15N3OS/c1-3-7-10-8(13-11-7)9-4-6(2)5-12/h6,12H,3-5H2,1-2H3,(H,9,10,11). The fourth-order valence-electron chi connectivity index (χ4n) is 0.795. The van der Waals surface area contributed by atoms with Crippen molar-refractivity contribution >= 4 is 16.7 Å². The zero-order valence-corrected chi connectivity index (χ0v) is 8.77. The number of hydrogen-bond donors (Lipinski definition) is 2. The normalized spacial score (nSPS) is 12.8. The van der Waals surface area contributed by atoms with E-state index in [2.05, 4.69) is 14.7 Å². The number of aryl methyl sites for hydroxylation is 1. The molecule has 2 N–H and O–H groups in total. The van der Waals surface area contributed by atoms with Gasteiger partial charge in [-0.05, 0) is 5.92 Å². The van der Waals surface area contributed by atoms with Crippen LogP contribution >= 0.6 is 11.5 Å². The van der Waals surface area contributed by atoms with Gasteiger partial charge in [-0.15, -0.1) is 0 Å². The quantitative estimate of drug-likeness (QED) is 0.750. The molecule has 0 bridgehead atoms. The third-order valence-corrected chi connectivity index (χ3v) is 2.41. The van der Waals surface area contributed by atoms with Gasteiger partial charge in [-0.25, -0.2) is 4.98 Å². The topological polar surface area (TPSA) is 58.0 Å². The summed E-state index contributed by atoms with van der Waals surface area (Å²) < 4.78 is 4.14. The van der Waals surface area contributed by atoms with E-state index in [1.165, 1.54) is 11.5 Å². The van der Waals surface area contributed by atoms with Crippen molar-refractivity contribution < 1.29 is 5.11 Å². The molecule has 0 saturated heterocycles. The Labute approximate surface area is 82.2 Å². The molecular weight excluding hydrogens is 186 g/mol. The van der Waals surface area contributed by atoms with Crippen LogP contribution in [0, 0.1) is 5.92 Å². The summed E-state index contributed by atoms with van der Waals surface area (Å²) in [4.78, 5) is 4.25. The van der Waals surface area contributed by atoms with Gasteiger partial charge < -0.3 is 10.4 Å². The molecule has 0 aliphatic rings. The summed E-state index contributed by atoms with van der Waals surface area (Å²) in [6.45, 7) is 4.96. The van der Waals surface area contributed by atoms with Gasteiger partial charge in [0.25, 0.3) is 0 Å². The Bertz CT molecular complexity index is 251. The van der Waals surface area contributed by atoms with Crippen LogP contribution in [0.2, 0.25) is 0 Å². The Morgan fingerprint density at radius 1 is 1.62 bits per heavy atom. The molecule has 1 atom stereocenters. The number of nitrogens with zero attached hydrogens (tertiary/aromatic N) is 2. The minimum Gasteiger partial charge on any atom is -0.396 e. The molecule has 0 aliphatic carbocycles. The summed E-state index contributed by atoms with van der Waals surface area (Å²) in [5.74, 6) is 1.14. The molecule has 4 nitrogen and oxygen atoms in total. The van der Waals surface area contributed by atoms with E-state index in [1.807, 2.05) is 13.8 Å². The highest BCUT2D eigenvalue weighted by atomic mass is 32.1. The molecule has 1 aromatic heterocycles. The maximum Gasteiger partial charge on any atom is 0.202 e. The van der Waals surface area contributed by atoms with Gasteiger partial charge in [0.1, 0.15) is 5.82 Å². The van der Waals surface area contributed by atoms with Crippen LogP contribution < -0.4 is 5.32 Å². The second kappa shape index (κ2) is 5.14. The molecule has 1 aromatic rings. The molecule has 1 rings (SSSR count). The highest BCUT2D eigenvalue weighted by Gasteiger charge is 2.03. The van der Waals surface area contributed by atoms with E-state index >= 15 is 0 Å². The minimum atomic E-state index is 0.201. The lowest BCUT2D eigenvalue weighted by molar-refractivity contribution is 0.244. The average molecular weight is 201 g/mol. The van der Waals surface area contributed by atoms with Crippen LogP contribution in [0.1, 0.15) is 19.7 Å². The van der Waals surface area contributed by atoms with Crippen molar-refractivity contribution in [2.75, 3.05) is 18.5 Å². The van der Waals surface area contributed by atoms with Gasteiger partial charge in [0, 0.05) is 31.1 Å². The summed E-state index contributed by atoms with van der Waals surface area (Å²) in [5.41, 5.74) is 0. The summed E-state index contributed by atoms with van der Waals surface area (Å²) in [5, 5.41) is 12.8. The first-order valence-electron chi connectivity index (χ1n) is 4.43. The fourth-order valence-corrected chi connectivity index (χ4v) is 1.45. The lowest BCUT2D eigenvalue weighted by Gasteiger charge is -2.06. The first-order valence-corrected chi connectivity index (χ1v) is 5.21. The van der Waals surface area contributed by atoms with Crippen molar-refractivity contribution in [3.05, 3.63) is 5.82 Å². The minimum absolute atomic E-state index is 0.201.